The molecule has 0 unspecified atom stereocenters. The van der Waals surface area contributed by atoms with Gasteiger partial charge in [0.25, 0.3) is 11.8 Å². The number of likely N-dealkylation sites (N-methyl/N-ethyl adjacent to an activating group) is 1. The number of carbonyl (C=O) groups excluding carboxylic acids is 3. The molecule has 2 heterocycles. The van der Waals surface area contributed by atoms with Crippen molar-refractivity contribution in [2.24, 2.45) is 5.92 Å². The van der Waals surface area contributed by atoms with E-state index in [4.69, 9.17) is 14.0 Å². The summed E-state index contributed by atoms with van der Waals surface area (Å²) in [5.74, 6) is 0.193. The van der Waals surface area contributed by atoms with Crippen molar-refractivity contribution in [3.8, 4) is 5.75 Å². The van der Waals surface area contributed by atoms with Gasteiger partial charge in [-0.25, -0.2) is 0 Å². The third kappa shape index (κ3) is 6.19. The third-order valence-corrected chi connectivity index (χ3v) is 6.19. The van der Waals surface area contributed by atoms with E-state index < -0.39 is 5.91 Å². The second kappa shape index (κ2) is 11.4. The van der Waals surface area contributed by atoms with E-state index in [-0.39, 0.29) is 42.2 Å². The Balaban J connectivity index is 1.94. The highest BCUT2D eigenvalue weighted by Crippen LogP contribution is 2.27. The van der Waals surface area contributed by atoms with Crippen LogP contribution in [0.1, 0.15) is 53.8 Å². The van der Waals surface area contributed by atoms with Gasteiger partial charge in [-0.2, -0.15) is 0 Å². The Morgan fingerprint density at radius 3 is 2.60 bits per heavy atom. The summed E-state index contributed by atoms with van der Waals surface area (Å²) in [5.41, 5.74) is 0.853. The largest absolute Gasteiger partial charge is 0.491 e. The molecular weight excluding hydrogens is 452 g/mol. The van der Waals surface area contributed by atoms with Gasteiger partial charge in [0, 0.05) is 51.3 Å². The number of rotatable bonds is 4. The highest BCUT2D eigenvalue weighted by molar-refractivity contribution is 6.04. The molecule has 0 spiro atoms. The predicted molar refractivity (Wildman–Crippen MR) is 130 cm³/mol. The number of anilines is 1. The third-order valence-electron chi connectivity index (χ3n) is 6.19. The number of aromatic nitrogens is 1. The molecule has 1 aromatic heterocycles. The first kappa shape index (κ1) is 26.2. The fourth-order valence-electron chi connectivity index (χ4n) is 4.07. The molecule has 0 radical (unpaired) electrons. The summed E-state index contributed by atoms with van der Waals surface area (Å²) in [6.07, 6.45) is 0.114. The Kier molecular flexibility index (Phi) is 8.50. The van der Waals surface area contributed by atoms with Crippen molar-refractivity contribution in [1.29, 1.82) is 0 Å². The molecule has 0 bridgehead atoms. The number of benzene rings is 1. The van der Waals surface area contributed by atoms with Gasteiger partial charge in [-0.3, -0.25) is 14.4 Å². The van der Waals surface area contributed by atoms with Gasteiger partial charge < -0.3 is 29.1 Å². The van der Waals surface area contributed by atoms with Crippen LogP contribution in [0.15, 0.2) is 28.8 Å². The zero-order valence-electron chi connectivity index (χ0n) is 21.2. The van der Waals surface area contributed by atoms with Crippen LogP contribution in [0.4, 0.5) is 5.69 Å². The molecule has 0 fully saturated rings. The van der Waals surface area contributed by atoms with E-state index in [1.165, 1.54) is 6.07 Å². The van der Waals surface area contributed by atoms with Crippen molar-refractivity contribution < 1.29 is 28.4 Å². The van der Waals surface area contributed by atoms with Gasteiger partial charge in [0.15, 0.2) is 5.69 Å². The van der Waals surface area contributed by atoms with Gasteiger partial charge >= 0.3 is 0 Å². The number of nitrogens with zero attached hydrogens (tertiary/aromatic N) is 3. The summed E-state index contributed by atoms with van der Waals surface area (Å²) >= 11 is 0. The van der Waals surface area contributed by atoms with Crippen LogP contribution in [0.25, 0.3) is 0 Å². The molecule has 2 aromatic rings. The number of aryl methyl sites for hydroxylation is 1. The van der Waals surface area contributed by atoms with Crippen molar-refractivity contribution >= 4 is 23.4 Å². The van der Waals surface area contributed by atoms with Gasteiger partial charge in [0.05, 0.1) is 17.7 Å². The Morgan fingerprint density at radius 2 is 1.97 bits per heavy atom. The molecule has 35 heavy (non-hydrogen) atoms. The second-order valence-corrected chi connectivity index (χ2v) is 8.98. The van der Waals surface area contributed by atoms with Crippen molar-refractivity contribution in [3.05, 3.63) is 41.3 Å². The van der Waals surface area contributed by atoms with Crippen LogP contribution >= 0.6 is 0 Å². The molecule has 1 N–H and O–H groups in total. The van der Waals surface area contributed by atoms with Crippen molar-refractivity contribution in [3.63, 3.8) is 0 Å². The van der Waals surface area contributed by atoms with E-state index in [1.807, 2.05) is 25.7 Å². The first-order valence-electron chi connectivity index (χ1n) is 11.7. The Hall–Kier alpha value is -3.40. The smallest absolute Gasteiger partial charge is 0.277 e. The summed E-state index contributed by atoms with van der Waals surface area (Å²) in [6, 6.07) is 6.20. The SMILES string of the molecule is CCC(=O)N1C[C@H](C)[C@@H](OC)CN(C)C(=O)c2cc(NC(=O)c3cc(C)on3)ccc2OC[C@@H]1C. The first-order chi connectivity index (χ1) is 16.6. The maximum atomic E-state index is 13.4. The van der Waals surface area contributed by atoms with E-state index in [9.17, 15) is 14.4 Å². The molecule has 1 aliphatic rings. The molecule has 3 atom stereocenters. The summed E-state index contributed by atoms with van der Waals surface area (Å²) in [5, 5.41) is 6.47. The predicted octanol–water partition coefficient (Wildman–Crippen LogP) is 2.98. The summed E-state index contributed by atoms with van der Waals surface area (Å²) < 4.78 is 16.7. The average Bonchev–Trinajstić information content (AvgIpc) is 3.29. The number of carbonyl (C=O) groups is 3. The van der Waals surface area contributed by atoms with Crippen LogP contribution < -0.4 is 10.1 Å². The minimum absolute atomic E-state index is 0.0105. The van der Waals surface area contributed by atoms with Crippen molar-refractivity contribution in [1.82, 2.24) is 15.0 Å². The van der Waals surface area contributed by atoms with Crippen LogP contribution in [-0.2, 0) is 9.53 Å². The van der Waals surface area contributed by atoms with E-state index in [0.29, 0.717) is 42.3 Å². The van der Waals surface area contributed by atoms with Crippen LogP contribution in [0.2, 0.25) is 0 Å². The lowest BCUT2D eigenvalue weighted by Gasteiger charge is -2.36. The van der Waals surface area contributed by atoms with Gasteiger partial charge in [0.2, 0.25) is 5.91 Å². The summed E-state index contributed by atoms with van der Waals surface area (Å²) in [7, 11) is 3.30. The minimum atomic E-state index is -0.452. The molecule has 0 saturated heterocycles. The lowest BCUT2D eigenvalue weighted by Crippen LogP contribution is -2.48. The zero-order chi connectivity index (χ0) is 25.7. The normalized spacial score (nSPS) is 21.4. The topological polar surface area (TPSA) is 114 Å². The van der Waals surface area contributed by atoms with E-state index >= 15 is 0 Å². The number of nitrogens with one attached hydrogen (secondary N) is 1. The number of fused-ring (bicyclic) bond motifs is 1. The Morgan fingerprint density at radius 1 is 1.23 bits per heavy atom. The van der Waals surface area contributed by atoms with Crippen LogP contribution in [0.5, 0.6) is 5.75 Å². The molecule has 0 aliphatic carbocycles. The van der Waals surface area contributed by atoms with E-state index in [0.717, 1.165) is 0 Å². The summed E-state index contributed by atoms with van der Waals surface area (Å²) in [4.78, 5) is 42.0. The van der Waals surface area contributed by atoms with Crippen molar-refractivity contribution in [2.45, 2.75) is 46.3 Å². The highest BCUT2D eigenvalue weighted by atomic mass is 16.5. The number of methoxy groups -OCH3 is 1. The lowest BCUT2D eigenvalue weighted by atomic mass is 10.0. The second-order valence-electron chi connectivity index (χ2n) is 8.98. The molecule has 190 valence electrons. The minimum Gasteiger partial charge on any atom is -0.491 e. The van der Waals surface area contributed by atoms with Gasteiger partial charge in [-0.15, -0.1) is 0 Å². The van der Waals surface area contributed by atoms with Crippen LogP contribution in [0.3, 0.4) is 0 Å². The number of hydrogen-bond donors (Lipinski definition) is 1. The zero-order valence-corrected chi connectivity index (χ0v) is 21.2. The number of amides is 3. The molecule has 1 aromatic carbocycles. The fraction of sp³-hybridized carbons (Fsp3) is 0.520. The highest BCUT2D eigenvalue weighted by Gasteiger charge is 2.30. The molecule has 3 rings (SSSR count). The summed E-state index contributed by atoms with van der Waals surface area (Å²) in [6.45, 7) is 8.50. The molecule has 10 nitrogen and oxygen atoms in total. The number of ether oxygens (including phenoxy) is 2. The first-order valence-corrected chi connectivity index (χ1v) is 11.7. The fourth-order valence-corrected chi connectivity index (χ4v) is 4.07. The van der Waals surface area contributed by atoms with E-state index in [2.05, 4.69) is 10.5 Å². The maximum Gasteiger partial charge on any atom is 0.277 e. The van der Waals surface area contributed by atoms with Crippen molar-refractivity contribution in [2.75, 3.05) is 39.2 Å². The van der Waals surface area contributed by atoms with Gasteiger partial charge in [-0.1, -0.05) is 19.0 Å². The Bertz CT molecular complexity index is 1070. The molecule has 1 aliphatic heterocycles. The monoisotopic (exact) mass is 486 g/mol. The van der Waals surface area contributed by atoms with Crippen LogP contribution in [0, 0.1) is 12.8 Å². The van der Waals surface area contributed by atoms with Gasteiger partial charge in [0.1, 0.15) is 18.1 Å². The molecule has 3 amide bonds. The van der Waals surface area contributed by atoms with Gasteiger partial charge in [-0.05, 0) is 32.0 Å². The quantitative estimate of drug-likeness (QED) is 0.707. The van der Waals surface area contributed by atoms with Crippen LogP contribution in [-0.4, -0.2) is 78.7 Å². The van der Waals surface area contributed by atoms with E-state index in [1.54, 1.807) is 44.2 Å². The molecular formula is C25H34N4O6. The molecule has 0 saturated carbocycles. The number of hydrogen-bond acceptors (Lipinski definition) is 7. The maximum absolute atomic E-state index is 13.4. The molecule has 10 heteroatoms. The Labute approximate surface area is 205 Å². The lowest BCUT2D eigenvalue weighted by molar-refractivity contribution is -0.135. The standard InChI is InChI=1S/C25H34N4O6/c1-7-23(30)29-12-15(2)22(33-6)13-28(5)25(32)19-11-18(8-9-21(19)34-14-16(29)3)26-24(31)20-10-17(4)35-27-20/h8-11,15-16,22H,7,12-14H2,1-6H3,(H,26,31)/t15-,16-,22-/m0/s1. The average molecular weight is 487 g/mol.